The first kappa shape index (κ1) is 31.6. The van der Waals surface area contributed by atoms with Crippen molar-refractivity contribution in [3.63, 3.8) is 0 Å². The molecule has 1 saturated heterocycles. The lowest BCUT2D eigenvalue weighted by Gasteiger charge is -2.36. The number of nitrogens with zero attached hydrogens (tertiary/aromatic N) is 6. The summed E-state index contributed by atoms with van der Waals surface area (Å²) < 4.78 is 14.6. The maximum Gasteiger partial charge on any atom is 0.271 e. The minimum absolute atomic E-state index is 0.00699. The van der Waals surface area contributed by atoms with Crippen LogP contribution in [0.4, 0.5) is 0 Å². The predicted molar refractivity (Wildman–Crippen MR) is 181 cm³/mol. The smallest absolute Gasteiger partial charge is 0.271 e. The van der Waals surface area contributed by atoms with Gasteiger partial charge in [-0.2, -0.15) is 0 Å². The van der Waals surface area contributed by atoms with Crippen molar-refractivity contribution >= 4 is 28.7 Å². The highest BCUT2D eigenvalue weighted by atomic mass is 32.2. The van der Waals surface area contributed by atoms with Crippen molar-refractivity contribution in [2.75, 3.05) is 5.75 Å². The van der Waals surface area contributed by atoms with E-state index in [9.17, 15) is 9.90 Å². The van der Waals surface area contributed by atoms with Crippen LogP contribution < -0.4 is 5.32 Å². The van der Waals surface area contributed by atoms with Crippen LogP contribution >= 0.6 is 11.8 Å². The summed E-state index contributed by atoms with van der Waals surface area (Å²) >= 11 is 1.55. The van der Waals surface area contributed by atoms with Crippen LogP contribution in [-0.4, -0.2) is 53.0 Å². The topological polar surface area (TPSA) is 137 Å². The molecule has 3 heterocycles. The molecule has 0 saturated carbocycles. The Bertz CT molecular complexity index is 2020. The molecule has 7 rings (SSSR count). The van der Waals surface area contributed by atoms with Crippen LogP contribution in [0.15, 0.2) is 108 Å². The molecule has 12 heteroatoms. The summed E-state index contributed by atoms with van der Waals surface area (Å²) in [6.45, 7) is 0.348. The summed E-state index contributed by atoms with van der Waals surface area (Å²) in [6, 6.07) is 31.6. The fraction of sp³-hybridized carbons (Fsp3) is 0.222. The van der Waals surface area contributed by atoms with Gasteiger partial charge in [0.2, 0.25) is 5.16 Å². The van der Waals surface area contributed by atoms with Crippen LogP contribution in [0.1, 0.15) is 51.6 Å². The normalized spacial score (nSPS) is 17.8. The summed E-state index contributed by atoms with van der Waals surface area (Å²) in [6.07, 6.45) is 1.30. The fourth-order valence-corrected chi connectivity index (χ4v) is 6.43. The van der Waals surface area contributed by atoms with Crippen molar-refractivity contribution in [2.24, 2.45) is 7.05 Å². The second kappa shape index (κ2) is 14.4. The monoisotopic (exact) mass is 659 g/mol. The van der Waals surface area contributed by atoms with Gasteiger partial charge >= 0.3 is 0 Å². The number of hydrogen-bond acceptors (Lipinski definition) is 10. The molecule has 3 atom stereocenters. The van der Waals surface area contributed by atoms with Gasteiger partial charge in [-0.15, -0.1) is 5.10 Å². The maximum absolute atomic E-state index is 12.8. The molecular weight excluding hydrogens is 627 g/mol. The number of rotatable bonds is 10. The lowest BCUT2D eigenvalue weighted by Crippen LogP contribution is -2.31. The number of aliphatic hydroxyl groups is 1. The zero-order valence-corrected chi connectivity index (χ0v) is 27.0. The molecule has 48 heavy (non-hydrogen) atoms. The minimum atomic E-state index is -0.571. The van der Waals surface area contributed by atoms with Gasteiger partial charge in [0.15, 0.2) is 6.29 Å². The highest BCUT2D eigenvalue weighted by Crippen LogP contribution is 2.39. The summed E-state index contributed by atoms with van der Waals surface area (Å²) in [7, 11) is 1.82. The van der Waals surface area contributed by atoms with E-state index in [1.165, 1.54) is 6.20 Å². The number of aromatic nitrogens is 6. The van der Waals surface area contributed by atoms with Crippen molar-refractivity contribution in [1.82, 2.24) is 35.5 Å². The van der Waals surface area contributed by atoms with Crippen LogP contribution in [0, 0.1) is 0 Å². The van der Waals surface area contributed by atoms with Gasteiger partial charge in [0.05, 0.1) is 36.0 Å². The second-order valence-corrected chi connectivity index (χ2v) is 12.5. The standard InChI is InChI=1S/C36H33N7O4S/c1-43-36(40-41-42-43)48-22-29-18-33(26-11-9-23(21-44)10-12-26)47-35(46-29)27-15-13-25(14-16-27)28-6-4-5-24(17-28)19-38-34(45)32-20-37-30-7-2-3-8-31(30)39-32/h2-17,20,29,33,35,44H,18-19,21-22H2,1H3,(H,38,45)/t29-,33+,35+/m0/s1. The van der Waals surface area contributed by atoms with E-state index in [4.69, 9.17) is 9.47 Å². The first-order valence-corrected chi connectivity index (χ1v) is 16.6. The molecule has 2 aromatic heterocycles. The lowest BCUT2D eigenvalue weighted by molar-refractivity contribution is -0.245. The van der Waals surface area contributed by atoms with Crippen LogP contribution in [0.3, 0.4) is 0 Å². The van der Waals surface area contributed by atoms with E-state index >= 15 is 0 Å². The number of thioether (sulfide) groups is 1. The van der Waals surface area contributed by atoms with E-state index < -0.39 is 6.29 Å². The van der Waals surface area contributed by atoms with Gasteiger partial charge in [0.25, 0.3) is 5.91 Å². The molecule has 1 fully saturated rings. The average Bonchev–Trinajstić information content (AvgIpc) is 3.57. The molecular formula is C36H33N7O4S. The van der Waals surface area contributed by atoms with Crippen molar-refractivity contribution < 1.29 is 19.4 Å². The first-order chi connectivity index (χ1) is 23.5. The molecule has 0 radical (unpaired) electrons. The van der Waals surface area contributed by atoms with Crippen molar-refractivity contribution in [1.29, 1.82) is 0 Å². The number of tetrazole rings is 1. The zero-order valence-electron chi connectivity index (χ0n) is 26.1. The molecule has 4 aromatic carbocycles. The van der Waals surface area contributed by atoms with Gasteiger partial charge in [-0.25, -0.2) is 9.67 Å². The molecule has 242 valence electrons. The Morgan fingerprint density at radius 2 is 1.71 bits per heavy atom. The molecule has 1 amide bonds. The largest absolute Gasteiger partial charge is 0.392 e. The van der Waals surface area contributed by atoms with Crippen LogP contribution in [0.25, 0.3) is 22.2 Å². The highest BCUT2D eigenvalue weighted by Gasteiger charge is 2.32. The molecule has 1 aliphatic heterocycles. The Morgan fingerprint density at radius 1 is 0.917 bits per heavy atom. The van der Waals surface area contributed by atoms with E-state index in [0.29, 0.717) is 24.2 Å². The number of ether oxygens (including phenoxy) is 2. The average molecular weight is 660 g/mol. The molecule has 6 aromatic rings. The Labute approximate surface area is 281 Å². The quantitative estimate of drug-likeness (QED) is 0.179. The second-order valence-electron chi connectivity index (χ2n) is 11.5. The number of nitrogens with one attached hydrogen (secondary N) is 1. The number of hydrogen-bond donors (Lipinski definition) is 2. The van der Waals surface area contributed by atoms with E-state index in [1.54, 1.807) is 16.4 Å². The molecule has 1 aliphatic rings. The number of aliphatic hydroxyl groups excluding tert-OH is 1. The predicted octanol–water partition coefficient (Wildman–Crippen LogP) is 5.58. The molecule has 0 unspecified atom stereocenters. The third-order valence-corrected chi connectivity index (χ3v) is 9.31. The van der Waals surface area contributed by atoms with E-state index in [0.717, 1.165) is 44.1 Å². The third-order valence-electron chi connectivity index (χ3n) is 8.17. The Kier molecular flexibility index (Phi) is 9.48. The number of benzene rings is 4. The van der Waals surface area contributed by atoms with Crippen LogP contribution in [0.5, 0.6) is 0 Å². The van der Waals surface area contributed by atoms with E-state index in [1.807, 2.05) is 85.9 Å². The van der Waals surface area contributed by atoms with Crippen LogP contribution in [-0.2, 0) is 29.7 Å². The molecule has 0 aliphatic carbocycles. The number of carbonyl (C=O) groups excluding carboxylic acids is 1. The summed E-state index contributed by atoms with van der Waals surface area (Å²) in [5.74, 6) is 0.386. The summed E-state index contributed by atoms with van der Waals surface area (Å²) in [4.78, 5) is 21.6. The molecule has 0 spiro atoms. The van der Waals surface area contributed by atoms with Gasteiger partial charge in [0, 0.05) is 31.3 Å². The summed E-state index contributed by atoms with van der Waals surface area (Å²) in [5, 5.41) is 24.9. The van der Waals surface area contributed by atoms with Gasteiger partial charge in [-0.05, 0) is 56.4 Å². The highest BCUT2D eigenvalue weighted by molar-refractivity contribution is 7.99. The SMILES string of the molecule is Cn1nnnc1SC[C@@H]1C[C@H](c2ccc(CO)cc2)O[C@H](c2ccc(-c3cccc(CNC(=O)c4cnc5ccccc5n4)c3)cc2)O1. The molecule has 0 bridgehead atoms. The van der Waals surface area contributed by atoms with Gasteiger partial charge in [0.1, 0.15) is 5.69 Å². The summed E-state index contributed by atoms with van der Waals surface area (Å²) in [5.41, 5.74) is 7.52. The molecule has 2 N–H and O–H groups in total. The lowest BCUT2D eigenvalue weighted by atomic mass is 9.99. The number of fused-ring (bicyclic) bond motifs is 1. The van der Waals surface area contributed by atoms with Gasteiger partial charge in [-0.3, -0.25) is 9.78 Å². The third kappa shape index (κ3) is 7.26. The Hall–Kier alpha value is -5.01. The minimum Gasteiger partial charge on any atom is -0.392 e. The molecule has 11 nitrogen and oxygen atoms in total. The van der Waals surface area contributed by atoms with Crippen molar-refractivity contribution in [3.8, 4) is 11.1 Å². The number of aryl methyl sites for hydroxylation is 1. The Morgan fingerprint density at radius 3 is 2.48 bits per heavy atom. The van der Waals surface area contributed by atoms with Gasteiger partial charge in [-0.1, -0.05) is 90.6 Å². The maximum atomic E-state index is 12.8. The number of carbonyl (C=O) groups is 1. The van der Waals surface area contributed by atoms with Gasteiger partial charge < -0.3 is 19.9 Å². The van der Waals surface area contributed by atoms with Crippen molar-refractivity contribution in [2.45, 2.75) is 43.2 Å². The van der Waals surface area contributed by atoms with Crippen LogP contribution in [0.2, 0.25) is 0 Å². The number of para-hydroxylation sites is 2. The first-order valence-electron chi connectivity index (χ1n) is 15.6. The van der Waals surface area contributed by atoms with E-state index in [2.05, 4.69) is 49.0 Å². The Balaban J connectivity index is 1.04. The number of amides is 1. The van der Waals surface area contributed by atoms with E-state index in [-0.39, 0.29) is 30.4 Å². The fourth-order valence-electron chi connectivity index (χ4n) is 5.57. The zero-order chi connectivity index (χ0) is 32.9. The van der Waals surface area contributed by atoms with Crippen molar-refractivity contribution in [3.05, 3.63) is 131 Å².